The minimum atomic E-state index is 0. The van der Waals surface area contributed by atoms with E-state index in [1.54, 1.807) is 0 Å². The lowest BCUT2D eigenvalue weighted by molar-refractivity contribution is 0.0791. The smallest absolute Gasteiger partial charge is 0.0593 e. The zero-order chi connectivity index (χ0) is 11.3. The average Bonchev–Trinajstić information content (AvgIpc) is 2.97. The minimum Gasteiger partial charge on any atom is -0.380 e. The molecule has 1 rings (SSSR count). The summed E-state index contributed by atoms with van der Waals surface area (Å²) in [5.41, 5.74) is 5.78. The van der Waals surface area contributed by atoms with Crippen LogP contribution in [0.5, 0.6) is 0 Å². The van der Waals surface area contributed by atoms with Crippen molar-refractivity contribution in [3.05, 3.63) is 0 Å². The molecule has 1 atom stereocenters. The number of nitrogens with zero attached hydrogens (tertiary/aromatic N) is 1. The molecular formula is C12H27ClN2O. The molecule has 1 saturated carbocycles. The quantitative estimate of drug-likeness (QED) is 0.667. The Bertz CT molecular complexity index is 174. The van der Waals surface area contributed by atoms with Crippen LogP contribution in [0, 0.1) is 11.8 Å². The summed E-state index contributed by atoms with van der Waals surface area (Å²) in [7, 11) is 2.16. The van der Waals surface area contributed by atoms with Crippen molar-refractivity contribution in [2.24, 2.45) is 17.6 Å². The first kappa shape index (κ1) is 16.2. The minimum absolute atomic E-state index is 0. The molecule has 0 spiro atoms. The van der Waals surface area contributed by atoms with Crippen molar-refractivity contribution in [2.75, 3.05) is 33.4 Å². The van der Waals surface area contributed by atoms with Gasteiger partial charge in [-0.3, -0.25) is 4.90 Å². The molecule has 16 heavy (non-hydrogen) atoms. The molecule has 0 amide bonds. The Labute approximate surface area is 106 Å². The molecule has 0 bridgehead atoms. The Kier molecular flexibility index (Phi) is 8.38. The van der Waals surface area contributed by atoms with Gasteiger partial charge in [0.25, 0.3) is 0 Å². The molecule has 98 valence electrons. The van der Waals surface area contributed by atoms with E-state index >= 15 is 0 Å². The highest BCUT2D eigenvalue weighted by molar-refractivity contribution is 5.85. The summed E-state index contributed by atoms with van der Waals surface area (Å²) in [6.07, 6.45) is 2.72. The fraction of sp³-hybridized carbons (Fsp3) is 1.00. The van der Waals surface area contributed by atoms with E-state index in [2.05, 4.69) is 25.8 Å². The number of rotatable bonds is 8. The second-order valence-corrected chi connectivity index (χ2v) is 5.09. The predicted molar refractivity (Wildman–Crippen MR) is 71.1 cm³/mol. The number of halogens is 1. The van der Waals surface area contributed by atoms with E-state index in [1.807, 2.05) is 0 Å². The maximum atomic E-state index is 5.78. The van der Waals surface area contributed by atoms with Crippen LogP contribution < -0.4 is 5.73 Å². The van der Waals surface area contributed by atoms with Crippen LogP contribution in [-0.4, -0.2) is 44.3 Å². The van der Waals surface area contributed by atoms with Crippen LogP contribution in [0.1, 0.15) is 26.7 Å². The van der Waals surface area contributed by atoms with Crippen LogP contribution in [0.3, 0.4) is 0 Å². The van der Waals surface area contributed by atoms with Crippen LogP contribution in [0.25, 0.3) is 0 Å². The van der Waals surface area contributed by atoms with Gasteiger partial charge in [0, 0.05) is 25.7 Å². The lowest BCUT2D eigenvalue weighted by Crippen LogP contribution is -2.41. The van der Waals surface area contributed by atoms with E-state index in [4.69, 9.17) is 10.5 Å². The Hall–Kier alpha value is 0.170. The predicted octanol–water partition coefficient (Wildman–Crippen LogP) is 1.75. The topological polar surface area (TPSA) is 38.5 Å². The summed E-state index contributed by atoms with van der Waals surface area (Å²) in [5, 5.41) is 0. The van der Waals surface area contributed by atoms with Gasteiger partial charge in [-0.2, -0.15) is 0 Å². The summed E-state index contributed by atoms with van der Waals surface area (Å²) < 4.78 is 5.58. The fourth-order valence-corrected chi connectivity index (χ4v) is 1.91. The van der Waals surface area contributed by atoms with E-state index in [-0.39, 0.29) is 12.4 Å². The highest BCUT2D eigenvalue weighted by Gasteiger charge is 2.32. The molecule has 0 aromatic heterocycles. The van der Waals surface area contributed by atoms with Gasteiger partial charge in [0.1, 0.15) is 0 Å². The van der Waals surface area contributed by atoms with Crippen molar-refractivity contribution in [2.45, 2.75) is 32.7 Å². The molecular weight excluding hydrogens is 224 g/mol. The van der Waals surface area contributed by atoms with Gasteiger partial charge < -0.3 is 10.5 Å². The van der Waals surface area contributed by atoms with E-state index in [9.17, 15) is 0 Å². The van der Waals surface area contributed by atoms with Crippen LogP contribution in [-0.2, 0) is 4.74 Å². The molecule has 3 nitrogen and oxygen atoms in total. The number of hydrogen-bond acceptors (Lipinski definition) is 3. The second kappa shape index (κ2) is 8.29. The second-order valence-electron chi connectivity index (χ2n) is 5.09. The summed E-state index contributed by atoms with van der Waals surface area (Å²) in [4.78, 5) is 2.36. The largest absolute Gasteiger partial charge is 0.380 e. The molecule has 0 aromatic rings. The monoisotopic (exact) mass is 250 g/mol. The van der Waals surface area contributed by atoms with E-state index in [0.29, 0.717) is 12.0 Å². The Morgan fingerprint density at radius 3 is 2.44 bits per heavy atom. The third kappa shape index (κ3) is 6.04. The molecule has 1 aliphatic carbocycles. The molecule has 0 aromatic carbocycles. The molecule has 2 N–H and O–H groups in total. The zero-order valence-corrected chi connectivity index (χ0v) is 11.6. The first-order valence-corrected chi connectivity index (χ1v) is 6.13. The average molecular weight is 251 g/mol. The Balaban J connectivity index is 0.00000225. The maximum absolute atomic E-state index is 5.78. The van der Waals surface area contributed by atoms with Crippen molar-refractivity contribution >= 4 is 12.4 Å². The van der Waals surface area contributed by atoms with Crippen molar-refractivity contribution in [3.63, 3.8) is 0 Å². The lowest BCUT2D eigenvalue weighted by Gasteiger charge is -2.26. The van der Waals surface area contributed by atoms with Crippen LogP contribution in [0.2, 0.25) is 0 Å². The molecule has 0 saturated heterocycles. The first-order chi connectivity index (χ1) is 7.15. The van der Waals surface area contributed by atoms with Gasteiger partial charge in [-0.1, -0.05) is 13.8 Å². The number of ether oxygens (including phenoxy) is 1. The molecule has 1 fully saturated rings. The summed E-state index contributed by atoms with van der Waals surface area (Å²) >= 11 is 0. The van der Waals surface area contributed by atoms with Crippen LogP contribution in [0.15, 0.2) is 0 Å². The summed E-state index contributed by atoms with van der Waals surface area (Å²) in [5.74, 6) is 1.48. The standard InChI is InChI=1S/C12H26N2O.ClH/c1-10(2)9-15-7-6-14(3)12(8-13)11-4-5-11;/h10-12H,4-9,13H2,1-3H3;1H. The van der Waals surface area contributed by atoms with Gasteiger partial charge >= 0.3 is 0 Å². The van der Waals surface area contributed by atoms with E-state index in [0.717, 1.165) is 32.2 Å². The zero-order valence-electron chi connectivity index (χ0n) is 10.8. The third-order valence-corrected chi connectivity index (χ3v) is 3.01. The van der Waals surface area contributed by atoms with Gasteiger partial charge in [0.05, 0.1) is 6.61 Å². The van der Waals surface area contributed by atoms with Gasteiger partial charge in [-0.05, 0) is 31.7 Å². The highest BCUT2D eigenvalue weighted by Crippen LogP contribution is 2.34. The Morgan fingerprint density at radius 1 is 1.38 bits per heavy atom. The molecule has 1 aliphatic rings. The third-order valence-electron chi connectivity index (χ3n) is 3.01. The van der Waals surface area contributed by atoms with Gasteiger partial charge in [-0.15, -0.1) is 12.4 Å². The number of likely N-dealkylation sites (N-methyl/N-ethyl adjacent to an activating group) is 1. The van der Waals surface area contributed by atoms with Crippen LogP contribution >= 0.6 is 12.4 Å². The first-order valence-electron chi connectivity index (χ1n) is 6.13. The van der Waals surface area contributed by atoms with Gasteiger partial charge in [0.15, 0.2) is 0 Å². The van der Waals surface area contributed by atoms with Crippen molar-refractivity contribution in [3.8, 4) is 0 Å². The van der Waals surface area contributed by atoms with Crippen molar-refractivity contribution in [1.82, 2.24) is 4.90 Å². The maximum Gasteiger partial charge on any atom is 0.0593 e. The molecule has 1 unspecified atom stereocenters. The van der Waals surface area contributed by atoms with Crippen molar-refractivity contribution in [1.29, 1.82) is 0 Å². The van der Waals surface area contributed by atoms with Gasteiger partial charge in [0.2, 0.25) is 0 Å². The fourth-order valence-electron chi connectivity index (χ4n) is 1.91. The molecule has 0 radical (unpaired) electrons. The van der Waals surface area contributed by atoms with Crippen molar-refractivity contribution < 1.29 is 4.74 Å². The summed E-state index contributed by atoms with van der Waals surface area (Å²) in [6.45, 7) is 7.84. The molecule has 0 aliphatic heterocycles. The van der Waals surface area contributed by atoms with Crippen LogP contribution in [0.4, 0.5) is 0 Å². The normalized spacial score (nSPS) is 17.6. The number of nitrogens with two attached hydrogens (primary N) is 1. The highest BCUT2D eigenvalue weighted by atomic mass is 35.5. The number of hydrogen-bond donors (Lipinski definition) is 1. The SMILES string of the molecule is CC(C)COCCN(C)C(CN)C1CC1.Cl. The Morgan fingerprint density at radius 2 is 2.00 bits per heavy atom. The molecule has 4 heteroatoms. The van der Waals surface area contributed by atoms with Gasteiger partial charge in [-0.25, -0.2) is 0 Å². The lowest BCUT2D eigenvalue weighted by atomic mass is 10.1. The van der Waals surface area contributed by atoms with E-state index in [1.165, 1.54) is 12.8 Å². The van der Waals surface area contributed by atoms with E-state index < -0.39 is 0 Å². The summed E-state index contributed by atoms with van der Waals surface area (Å²) in [6, 6.07) is 0.577. The molecule has 0 heterocycles.